The average molecular weight is 311 g/mol. The molecule has 1 atom stereocenters. The Kier molecular flexibility index (Phi) is 6.76. The number of amides is 1. The van der Waals surface area contributed by atoms with Crippen LogP contribution in [-0.2, 0) is 15.3 Å². The van der Waals surface area contributed by atoms with Crippen LogP contribution in [0.3, 0.4) is 0 Å². The fourth-order valence-corrected chi connectivity index (χ4v) is 3.29. The summed E-state index contributed by atoms with van der Waals surface area (Å²) in [6.45, 7) is 1.49. The first kappa shape index (κ1) is 15.7. The standard InChI is InChI=1S/C15H21NO2S2/c1-19-14-6-4-12(5-7-14)10-20-11-15(17)16-9-13-3-2-8-18-13/h4-7,13H,2-3,8-11H2,1H3,(H,16,17). The molecule has 0 bridgehead atoms. The third-order valence-electron chi connectivity index (χ3n) is 3.21. The van der Waals surface area contributed by atoms with E-state index in [1.807, 2.05) is 0 Å². The predicted molar refractivity (Wildman–Crippen MR) is 86.4 cm³/mol. The summed E-state index contributed by atoms with van der Waals surface area (Å²) < 4.78 is 5.48. The fraction of sp³-hybridized carbons (Fsp3) is 0.533. The third kappa shape index (κ3) is 5.38. The molecule has 1 N–H and O–H groups in total. The van der Waals surface area contributed by atoms with Gasteiger partial charge in [0.15, 0.2) is 0 Å². The maximum atomic E-state index is 11.7. The smallest absolute Gasteiger partial charge is 0.230 e. The molecule has 1 aliphatic heterocycles. The van der Waals surface area contributed by atoms with Gasteiger partial charge in [0, 0.05) is 23.8 Å². The Balaban J connectivity index is 1.60. The molecule has 1 heterocycles. The van der Waals surface area contributed by atoms with E-state index in [2.05, 4.69) is 35.8 Å². The van der Waals surface area contributed by atoms with Crippen LogP contribution in [0.15, 0.2) is 29.2 Å². The highest BCUT2D eigenvalue weighted by Crippen LogP contribution is 2.18. The topological polar surface area (TPSA) is 38.3 Å². The zero-order chi connectivity index (χ0) is 14.2. The van der Waals surface area contributed by atoms with Gasteiger partial charge in [0.05, 0.1) is 11.9 Å². The lowest BCUT2D eigenvalue weighted by Crippen LogP contribution is -2.32. The summed E-state index contributed by atoms with van der Waals surface area (Å²) in [5.74, 6) is 1.49. The normalized spacial score (nSPS) is 18.1. The van der Waals surface area contributed by atoms with E-state index in [0.717, 1.165) is 25.2 Å². The van der Waals surface area contributed by atoms with Gasteiger partial charge in [-0.05, 0) is 36.8 Å². The molecule has 0 saturated carbocycles. The second kappa shape index (κ2) is 8.60. The van der Waals surface area contributed by atoms with Crippen LogP contribution in [-0.4, -0.2) is 37.2 Å². The molecule has 1 aromatic carbocycles. The Bertz CT molecular complexity index is 416. The van der Waals surface area contributed by atoms with Crippen LogP contribution in [0.4, 0.5) is 0 Å². The van der Waals surface area contributed by atoms with Gasteiger partial charge in [-0.1, -0.05) is 12.1 Å². The first-order chi connectivity index (χ1) is 9.78. The quantitative estimate of drug-likeness (QED) is 0.786. The molecule has 0 aromatic heterocycles. The molecule has 110 valence electrons. The average Bonchev–Trinajstić information content (AvgIpc) is 2.99. The second-order valence-corrected chi connectivity index (χ2v) is 6.65. The van der Waals surface area contributed by atoms with E-state index in [1.165, 1.54) is 10.5 Å². The highest BCUT2D eigenvalue weighted by atomic mass is 32.2. The number of thioether (sulfide) groups is 2. The molecule has 1 unspecified atom stereocenters. The molecular formula is C15H21NO2S2. The molecule has 1 saturated heterocycles. The van der Waals surface area contributed by atoms with Crippen molar-refractivity contribution in [3.63, 3.8) is 0 Å². The van der Waals surface area contributed by atoms with E-state index >= 15 is 0 Å². The van der Waals surface area contributed by atoms with Crippen LogP contribution < -0.4 is 5.32 Å². The summed E-state index contributed by atoms with van der Waals surface area (Å²) in [5, 5.41) is 2.94. The fourth-order valence-electron chi connectivity index (χ4n) is 2.07. The highest BCUT2D eigenvalue weighted by Gasteiger charge is 2.15. The minimum Gasteiger partial charge on any atom is -0.376 e. The van der Waals surface area contributed by atoms with Crippen LogP contribution >= 0.6 is 23.5 Å². The first-order valence-electron chi connectivity index (χ1n) is 6.87. The zero-order valence-electron chi connectivity index (χ0n) is 11.8. The van der Waals surface area contributed by atoms with Gasteiger partial charge in [-0.3, -0.25) is 4.79 Å². The van der Waals surface area contributed by atoms with Crippen molar-refractivity contribution in [2.45, 2.75) is 29.6 Å². The molecule has 0 radical (unpaired) electrons. The predicted octanol–water partition coefficient (Wildman–Crippen LogP) is 2.94. The molecule has 3 nitrogen and oxygen atoms in total. The Morgan fingerprint density at radius 2 is 2.20 bits per heavy atom. The van der Waals surface area contributed by atoms with Gasteiger partial charge in [0.1, 0.15) is 0 Å². The number of benzene rings is 1. The van der Waals surface area contributed by atoms with Gasteiger partial charge < -0.3 is 10.1 Å². The SMILES string of the molecule is CSc1ccc(CSCC(=O)NCC2CCCO2)cc1. The highest BCUT2D eigenvalue weighted by molar-refractivity contribution is 7.99. The van der Waals surface area contributed by atoms with Gasteiger partial charge in [-0.25, -0.2) is 0 Å². The van der Waals surface area contributed by atoms with Gasteiger partial charge in [-0.15, -0.1) is 23.5 Å². The van der Waals surface area contributed by atoms with Crippen LogP contribution in [0.5, 0.6) is 0 Å². The van der Waals surface area contributed by atoms with Gasteiger partial charge in [0.2, 0.25) is 5.91 Å². The van der Waals surface area contributed by atoms with E-state index in [4.69, 9.17) is 4.74 Å². The lowest BCUT2D eigenvalue weighted by Gasteiger charge is -2.10. The number of hydrogen-bond donors (Lipinski definition) is 1. The van der Waals surface area contributed by atoms with Crippen molar-refractivity contribution >= 4 is 29.4 Å². The van der Waals surface area contributed by atoms with Crippen molar-refractivity contribution in [1.82, 2.24) is 5.32 Å². The number of nitrogens with one attached hydrogen (secondary N) is 1. The number of carbonyl (C=O) groups is 1. The number of ether oxygens (including phenoxy) is 1. The lowest BCUT2D eigenvalue weighted by molar-refractivity contribution is -0.119. The maximum Gasteiger partial charge on any atom is 0.230 e. The van der Waals surface area contributed by atoms with Crippen molar-refractivity contribution in [3.8, 4) is 0 Å². The van der Waals surface area contributed by atoms with Crippen molar-refractivity contribution in [2.75, 3.05) is 25.2 Å². The Morgan fingerprint density at radius 1 is 1.40 bits per heavy atom. The minimum atomic E-state index is 0.103. The third-order valence-corrected chi connectivity index (χ3v) is 4.96. The van der Waals surface area contributed by atoms with E-state index in [-0.39, 0.29) is 12.0 Å². The molecule has 1 aliphatic rings. The summed E-state index contributed by atoms with van der Waals surface area (Å²) in [6.07, 6.45) is 4.47. The summed E-state index contributed by atoms with van der Waals surface area (Å²) in [7, 11) is 0. The Labute approximate surface area is 129 Å². The maximum absolute atomic E-state index is 11.7. The van der Waals surface area contributed by atoms with Gasteiger partial charge in [-0.2, -0.15) is 0 Å². The van der Waals surface area contributed by atoms with Crippen LogP contribution in [0.2, 0.25) is 0 Å². The van der Waals surface area contributed by atoms with Crippen molar-refractivity contribution in [2.24, 2.45) is 0 Å². The van der Waals surface area contributed by atoms with Crippen LogP contribution in [0, 0.1) is 0 Å². The van der Waals surface area contributed by atoms with Gasteiger partial charge >= 0.3 is 0 Å². The Hall–Kier alpha value is -0.650. The lowest BCUT2D eigenvalue weighted by atomic mass is 10.2. The summed E-state index contributed by atoms with van der Waals surface area (Å²) in [5.41, 5.74) is 1.26. The minimum absolute atomic E-state index is 0.103. The second-order valence-electron chi connectivity index (χ2n) is 4.78. The molecule has 20 heavy (non-hydrogen) atoms. The largest absolute Gasteiger partial charge is 0.376 e. The molecule has 1 amide bonds. The summed E-state index contributed by atoms with van der Waals surface area (Å²) in [4.78, 5) is 13.0. The molecule has 5 heteroatoms. The molecular weight excluding hydrogens is 290 g/mol. The van der Waals surface area contributed by atoms with Crippen molar-refractivity contribution in [1.29, 1.82) is 0 Å². The molecule has 1 fully saturated rings. The van der Waals surface area contributed by atoms with Crippen molar-refractivity contribution < 1.29 is 9.53 Å². The molecule has 1 aromatic rings. The molecule has 0 spiro atoms. The van der Waals surface area contributed by atoms with E-state index in [9.17, 15) is 4.79 Å². The summed E-state index contributed by atoms with van der Waals surface area (Å²) in [6, 6.07) is 8.50. The van der Waals surface area contributed by atoms with Crippen LogP contribution in [0.1, 0.15) is 18.4 Å². The van der Waals surface area contributed by atoms with E-state index in [0.29, 0.717) is 12.3 Å². The molecule has 0 aliphatic carbocycles. The van der Waals surface area contributed by atoms with Gasteiger partial charge in [0.25, 0.3) is 0 Å². The monoisotopic (exact) mass is 311 g/mol. The number of rotatable bonds is 7. The number of hydrogen-bond acceptors (Lipinski definition) is 4. The van der Waals surface area contributed by atoms with Crippen LogP contribution in [0.25, 0.3) is 0 Å². The number of carbonyl (C=O) groups excluding carboxylic acids is 1. The molecule has 2 rings (SSSR count). The van der Waals surface area contributed by atoms with Crippen molar-refractivity contribution in [3.05, 3.63) is 29.8 Å². The zero-order valence-corrected chi connectivity index (χ0v) is 13.4. The first-order valence-corrected chi connectivity index (χ1v) is 9.25. The summed E-state index contributed by atoms with van der Waals surface area (Å²) >= 11 is 3.39. The Morgan fingerprint density at radius 3 is 2.85 bits per heavy atom. The van der Waals surface area contributed by atoms with E-state index in [1.54, 1.807) is 23.5 Å². The van der Waals surface area contributed by atoms with E-state index < -0.39 is 0 Å².